The van der Waals surface area contributed by atoms with Crippen molar-refractivity contribution in [2.24, 2.45) is 0 Å². The second-order valence-corrected chi connectivity index (χ2v) is 3.58. The topological polar surface area (TPSA) is 43.1 Å². The number of halogens is 1. The van der Waals surface area contributed by atoms with Crippen LogP contribution in [0.2, 0.25) is 0 Å². The van der Waals surface area contributed by atoms with Crippen LogP contribution in [0.1, 0.15) is 11.1 Å². The lowest BCUT2D eigenvalue weighted by Gasteiger charge is -2.03. The molecule has 0 saturated carbocycles. The predicted octanol–water partition coefficient (Wildman–Crippen LogP) is 3.18. The molecular formula is C10H10BrNO2. The maximum atomic E-state index is 10.5. The third-order valence-corrected chi connectivity index (χ3v) is 2.32. The Hall–Kier alpha value is -1.16. The van der Waals surface area contributed by atoms with Crippen molar-refractivity contribution < 1.29 is 4.92 Å². The molecule has 4 heteroatoms. The molecule has 0 saturated heterocycles. The van der Waals surface area contributed by atoms with Gasteiger partial charge in [0.1, 0.15) is 0 Å². The summed E-state index contributed by atoms with van der Waals surface area (Å²) in [7, 11) is 0. The van der Waals surface area contributed by atoms with Gasteiger partial charge in [0.25, 0.3) is 5.69 Å². The van der Waals surface area contributed by atoms with Crippen molar-refractivity contribution in [2.75, 3.05) is 5.33 Å². The van der Waals surface area contributed by atoms with Gasteiger partial charge in [-0.3, -0.25) is 10.1 Å². The SMILES string of the molecule is C=Cc1ccc([N+](=O)[O-])cc1CCBr. The van der Waals surface area contributed by atoms with Gasteiger partial charge < -0.3 is 0 Å². The van der Waals surface area contributed by atoms with Crippen LogP contribution in [0.4, 0.5) is 5.69 Å². The van der Waals surface area contributed by atoms with Crippen molar-refractivity contribution in [3.63, 3.8) is 0 Å². The molecule has 1 aromatic carbocycles. The fraction of sp³-hybridized carbons (Fsp3) is 0.200. The molecule has 14 heavy (non-hydrogen) atoms. The number of nitro benzene ring substituents is 1. The van der Waals surface area contributed by atoms with Gasteiger partial charge in [-0.05, 0) is 23.6 Å². The molecule has 1 rings (SSSR count). The number of alkyl halides is 1. The van der Waals surface area contributed by atoms with Crippen LogP contribution in [0.25, 0.3) is 6.08 Å². The fourth-order valence-electron chi connectivity index (χ4n) is 1.22. The first-order chi connectivity index (χ1) is 6.69. The van der Waals surface area contributed by atoms with Crippen molar-refractivity contribution in [1.29, 1.82) is 0 Å². The Labute approximate surface area is 90.7 Å². The fourth-order valence-corrected chi connectivity index (χ4v) is 1.65. The Bertz CT molecular complexity index is 363. The second kappa shape index (κ2) is 4.91. The van der Waals surface area contributed by atoms with E-state index in [4.69, 9.17) is 0 Å². The van der Waals surface area contributed by atoms with E-state index in [-0.39, 0.29) is 10.6 Å². The summed E-state index contributed by atoms with van der Waals surface area (Å²) >= 11 is 3.31. The molecule has 0 atom stereocenters. The van der Waals surface area contributed by atoms with Crippen molar-refractivity contribution >= 4 is 27.7 Å². The molecule has 0 N–H and O–H groups in total. The predicted molar refractivity (Wildman–Crippen MR) is 60.7 cm³/mol. The minimum absolute atomic E-state index is 0.131. The van der Waals surface area contributed by atoms with Gasteiger partial charge in [0.15, 0.2) is 0 Å². The molecule has 74 valence electrons. The van der Waals surface area contributed by atoms with E-state index >= 15 is 0 Å². The lowest BCUT2D eigenvalue weighted by Crippen LogP contribution is -1.94. The summed E-state index contributed by atoms with van der Waals surface area (Å²) in [5.41, 5.74) is 2.03. The number of hydrogen-bond acceptors (Lipinski definition) is 2. The summed E-state index contributed by atoms with van der Waals surface area (Å²) in [6.45, 7) is 3.66. The Morgan fingerprint density at radius 1 is 1.57 bits per heavy atom. The number of rotatable bonds is 4. The number of aryl methyl sites for hydroxylation is 1. The van der Waals surface area contributed by atoms with Gasteiger partial charge in [-0.2, -0.15) is 0 Å². The lowest BCUT2D eigenvalue weighted by molar-refractivity contribution is -0.384. The molecule has 0 fully saturated rings. The lowest BCUT2D eigenvalue weighted by atomic mass is 10.0. The monoisotopic (exact) mass is 255 g/mol. The van der Waals surface area contributed by atoms with Gasteiger partial charge in [0.05, 0.1) is 4.92 Å². The highest BCUT2D eigenvalue weighted by Gasteiger charge is 2.08. The summed E-state index contributed by atoms with van der Waals surface area (Å²) in [5, 5.41) is 11.3. The molecular weight excluding hydrogens is 246 g/mol. The van der Waals surface area contributed by atoms with Gasteiger partial charge >= 0.3 is 0 Å². The van der Waals surface area contributed by atoms with E-state index in [0.717, 1.165) is 22.9 Å². The molecule has 1 aromatic rings. The second-order valence-electron chi connectivity index (χ2n) is 2.78. The number of hydrogen-bond donors (Lipinski definition) is 0. The summed E-state index contributed by atoms with van der Waals surface area (Å²) in [6.07, 6.45) is 2.48. The molecule has 0 aliphatic carbocycles. The third-order valence-electron chi connectivity index (χ3n) is 1.92. The van der Waals surface area contributed by atoms with Crippen LogP contribution < -0.4 is 0 Å². The molecule has 0 spiro atoms. The molecule has 0 radical (unpaired) electrons. The van der Waals surface area contributed by atoms with Crippen LogP contribution in [0, 0.1) is 10.1 Å². The highest BCUT2D eigenvalue weighted by Crippen LogP contribution is 2.19. The standard InChI is InChI=1S/C10H10BrNO2/c1-2-8-3-4-10(12(13)14)7-9(8)5-6-11/h2-4,7H,1,5-6H2. The maximum absolute atomic E-state index is 10.5. The largest absolute Gasteiger partial charge is 0.269 e. The third kappa shape index (κ3) is 2.42. The summed E-state index contributed by atoms with van der Waals surface area (Å²) in [5.74, 6) is 0. The maximum Gasteiger partial charge on any atom is 0.269 e. The molecule has 0 amide bonds. The number of benzene rings is 1. The Morgan fingerprint density at radius 2 is 2.29 bits per heavy atom. The number of nitro groups is 1. The first kappa shape index (κ1) is 10.9. The van der Waals surface area contributed by atoms with Crippen LogP contribution in [0.5, 0.6) is 0 Å². The summed E-state index contributed by atoms with van der Waals surface area (Å²) < 4.78 is 0. The number of nitrogens with zero attached hydrogens (tertiary/aromatic N) is 1. The quantitative estimate of drug-likeness (QED) is 0.471. The Kier molecular flexibility index (Phi) is 3.83. The van der Waals surface area contributed by atoms with Crippen LogP contribution in [0.15, 0.2) is 24.8 Å². The highest BCUT2D eigenvalue weighted by molar-refractivity contribution is 9.09. The van der Waals surface area contributed by atoms with Gasteiger partial charge in [0.2, 0.25) is 0 Å². The minimum Gasteiger partial charge on any atom is -0.258 e. The van der Waals surface area contributed by atoms with Crippen LogP contribution in [-0.2, 0) is 6.42 Å². The normalized spacial score (nSPS) is 9.79. The average Bonchev–Trinajstić information content (AvgIpc) is 2.18. The first-order valence-electron chi connectivity index (χ1n) is 4.14. The summed E-state index contributed by atoms with van der Waals surface area (Å²) in [6, 6.07) is 4.82. The molecule has 0 bridgehead atoms. The smallest absolute Gasteiger partial charge is 0.258 e. The number of non-ortho nitro benzene ring substituents is 1. The first-order valence-corrected chi connectivity index (χ1v) is 5.27. The molecule has 0 unspecified atom stereocenters. The molecule has 3 nitrogen and oxygen atoms in total. The zero-order valence-corrected chi connectivity index (χ0v) is 9.16. The minimum atomic E-state index is -0.384. The highest BCUT2D eigenvalue weighted by atomic mass is 79.9. The van der Waals surface area contributed by atoms with E-state index in [0.29, 0.717) is 0 Å². The van der Waals surface area contributed by atoms with E-state index in [1.165, 1.54) is 6.07 Å². The van der Waals surface area contributed by atoms with Gasteiger partial charge in [-0.25, -0.2) is 0 Å². The van der Waals surface area contributed by atoms with Crippen LogP contribution >= 0.6 is 15.9 Å². The molecule has 0 aromatic heterocycles. The van der Waals surface area contributed by atoms with Gasteiger partial charge in [0, 0.05) is 17.5 Å². The Morgan fingerprint density at radius 3 is 2.79 bits per heavy atom. The van der Waals surface area contributed by atoms with Gasteiger partial charge in [-0.15, -0.1) is 0 Å². The zero-order chi connectivity index (χ0) is 10.6. The van der Waals surface area contributed by atoms with E-state index in [1.807, 2.05) is 0 Å². The molecule has 0 aliphatic rings. The average molecular weight is 256 g/mol. The van der Waals surface area contributed by atoms with Crippen LogP contribution in [-0.4, -0.2) is 10.3 Å². The molecule has 0 heterocycles. The molecule has 0 aliphatic heterocycles. The zero-order valence-electron chi connectivity index (χ0n) is 7.57. The van der Waals surface area contributed by atoms with Crippen molar-refractivity contribution in [3.8, 4) is 0 Å². The Balaban J connectivity index is 3.13. The summed E-state index contributed by atoms with van der Waals surface area (Å²) in [4.78, 5) is 10.1. The van der Waals surface area contributed by atoms with E-state index in [9.17, 15) is 10.1 Å². The van der Waals surface area contributed by atoms with Gasteiger partial charge in [-0.1, -0.05) is 28.6 Å². The van der Waals surface area contributed by atoms with Crippen molar-refractivity contribution in [1.82, 2.24) is 0 Å². The van der Waals surface area contributed by atoms with Crippen molar-refractivity contribution in [2.45, 2.75) is 6.42 Å². The van der Waals surface area contributed by atoms with Crippen molar-refractivity contribution in [3.05, 3.63) is 46.0 Å². The van der Waals surface area contributed by atoms with E-state index in [2.05, 4.69) is 22.5 Å². The van der Waals surface area contributed by atoms with Crippen LogP contribution in [0.3, 0.4) is 0 Å². The van der Waals surface area contributed by atoms with E-state index < -0.39 is 0 Å². The van der Waals surface area contributed by atoms with E-state index in [1.54, 1.807) is 18.2 Å².